The number of sulfonamides is 1. The summed E-state index contributed by atoms with van der Waals surface area (Å²) in [6.45, 7) is 6.66. The number of hydrogen-bond donors (Lipinski definition) is 0. The lowest BCUT2D eigenvalue weighted by Crippen LogP contribution is -2.41. The molecular weight excluding hydrogens is 426 g/mol. The molecule has 0 radical (unpaired) electrons. The summed E-state index contributed by atoms with van der Waals surface area (Å²) in [5, 5.41) is -0.572. The van der Waals surface area contributed by atoms with Gasteiger partial charge in [-0.1, -0.05) is 37.3 Å². The van der Waals surface area contributed by atoms with E-state index < -0.39 is 15.3 Å². The van der Waals surface area contributed by atoms with Crippen LogP contribution in [0.5, 0.6) is 11.5 Å². The van der Waals surface area contributed by atoms with Crippen molar-refractivity contribution in [2.24, 2.45) is 5.92 Å². The summed E-state index contributed by atoms with van der Waals surface area (Å²) in [5.74, 6) is 1.38. The molecule has 2 aromatic rings. The van der Waals surface area contributed by atoms with Crippen LogP contribution < -0.4 is 9.47 Å². The van der Waals surface area contributed by atoms with Crippen molar-refractivity contribution in [3.8, 4) is 11.5 Å². The third-order valence-electron chi connectivity index (χ3n) is 5.56. The lowest BCUT2D eigenvalue weighted by atomic mass is 10.0. The Morgan fingerprint density at radius 1 is 0.906 bits per heavy atom. The molecule has 0 aliphatic rings. The highest BCUT2D eigenvalue weighted by atomic mass is 32.2. The summed E-state index contributed by atoms with van der Waals surface area (Å²) in [4.78, 5) is 0. The average Bonchev–Trinajstić information content (AvgIpc) is 2.80. The maximum Gasteiger partial charge on any atom is 0.217 e. The number of benzene rings is 2. The van der Waals surface area contributed by atoms with Crippen molar-refractivity contribution in [3.63, 3.8) is 0 Å². The molecule has 0 fully saturated rings. The van der Waals surface area contributed by atoms with Crippen LogP contribution in [0.3, 0.4) is 0 Å². The van der Waals surface area contributed by atoms with E-state index in [0.29, 0.717) is 19.4 Å². The smallest absolute Gasteiger partial charge is 0.217 e. The van der Waals surface area contributed by atoms with Crippen LogP contribution in [0.15, 0.2) is 61.2 Å². The first-order valence-corrected chi connectivity index (χ1v) is 12.2. The van der Waals surface area contributed by atoms with E-state index in [0.717, 1.165) is 22.6 Å². The number of allylic oxidation sites excluding steroid dienone is 1. The lowest BCUT2D eigenvalue weighted by molar-refractivity contribution is 0.187. The van der Waals surface area contributed by atoms with Crippen molar-refractivity contribution in [1.29, 1.82) is 0 Å². The number of methoxy groups -OCH3 is 3. The molecule has 0 aliphatic carbocycles. The molecule has 0 saturated heterocycles. The van der Waals surface area contributed by atoms with Gasteiger partial charge in [-0.15, -0.1) is 6.58 Å². The van der Waals surface area contributed by atoms with Gasteiger partial charge in [-0.2, -0.15) is 4.31 Å². The van der Waals surface area contributed by atoms with Crippen LogP contribution in [0.4, 0.5) is 0 Å². The van der Waals surface area contributed by atoms with Crippen molar-refractivity contribution >= 4 is 10.0 Å². The highest BCUT2D eigenvalue weighted by Crippen LogP contribution is 2.27. The molecule has 0 saturated carbocycles. The van der Waals surface area contributed by atoms with E-state index in [2.05, 4.69) is 6.58 Å². The summed E-state index contributed by atoms with van der Waals surface area (Å²) < 4.78 is 45.0. The van der Waals surface area contributed by atoms with Gasteiger partial charge >= 0.3 is 0 Å². The number of hydrogen-bond acceptors (Lipinski definition) is 5. The van der Waals surface area contributed by atoms with Crippen molar-refractivity contribution in [3.05, 3.63) is 72.3 Å². The highest BCUT2D eigenvalue weighted by Gasteiger charge is 2.35. The zero-order valence-corrected chi connectivity index (χ0v) is 20.3. The van der Waals surface area contributed by atoms with E-state index in [1.54, 1.807) is 31.7 Å². The van der Waals surface area contributed by atoms with Gasteiger partial charge in [0.25, 0.3) is 0 Å². The second-order valence-corrected chi connectivity index (χ2v) is 9.98. The third kappa shape index (κ3) is 7.08. The van der Waals surface area contributed by atoms with Gasteiger partial charge in [0.1, 0.15) is 11.5 Å². The molecule has 0 spiro atoms. The normalized spacial score (nSPS) is 13.5. The molecule has 176 valence electrons. The minimum Gasteiger partial charge on any atom is -0.497 e. The number of ether oxygens (including phenoxy) is 3. The molecule has 7 heteroatoms. The molecule has 0 aromatic heterocycles. The number of rotatable bonds is 14. The first kappa shape index (κ1) is 25.9. The van der Waals surface area contributed by atoms with Gasteiger partial charge in [0.05, 0.1) is 19.5 Å². The molecule has 32 heavy (non-hydrogen) atoms. The summed E-state index contributed by atoms with van der Waals surface area (Å²) >= 11 is 0. The molecule has 0 aliphatic heterocycles. The molecular formula is C25H35NO5S. The van der Waals surface area contributed by atoms with Crippen LogP contribution >= 0.6 is 0 Å². The first-order valence-electron chi connectivity index (χ1n) is 10.7. The molecule has 2 aromatic carbocycles. The summed E-state index contributed by atoms with van der Waals surface area (Å²) in [6, 6.07) is 15.0. The topological polar surface area (TPSA) is 65.1 Å². The SMILES string of the molecule is C=CCC(C)C(CCOC)S(=O)(=O)N(Cc1ccc(OC)cc1)Cc1ccc(OC)cc1. The monoisotopic (exact) mass is 461 g/mol. The Hall–Kier alpha value is -2.35. The Bertz CT molecular complexity index is 876. The van der Waals surface area contributed by atoms with Crippen LogP contribution in [-0.2, 0) is 27.8 Å². The molecule has 2 rings (SSSR count). The van der Waals surface area contributed by atoms with E-state index in [-0.39, 0.29) is 19.0 Å². The number of nitrogens with zero attached hydrogens (tertiary/aromatic N) is 1. The van der Waals surface area contributed by atoms with Gasteiger partial charge in [0.15, 0.2) is 0 Å². The van der Waals surface area contributed by atoms with Crippen LogP contribution in [0, 0.1) is 5.92 Å². The second kappa shape index (κ2) is 12.6. The zero-order chi connectivity index (χ0) is 23.6. The van der Waals surface area contributed by atoms with Crippen molar-refractivity contribution in [2.45, 2.75) is 38.1 Å². The van der Waals surface area contributed by atoms with Gasteiger partial charge in [-0.05, 0) is 54.2 Å². The Labute approximate surface area is 192 Å². The van der Waals surface area contributed by atoms with Crippen LogP contribution in [0.1, 0.15) is 30.9 Å². The Kier molecular flexibility index (Phi) is 10.2. The van der Waals surface area contributed by atoms with Crippen molar-refractivity contribution in [2.75, 3.05) is 27.9 Å². The summed E-state index contributed by atoms with van der Waals surface area (Å²) in [5.41, 5.74) is 1.79. The van der Waals surface area contributed by atoms with Gasteiger partial charge in [0.2, 0.25) is 10.0 Å². The molecule has 0 heterocycles. The van der Waals surface area contributed by atoms with Crippen molar-refractivity contribution < 1.29 is 22.6 Å². The fourth-order valence-electron chi connectivity index (χ4n) is 3.67. The van der Waals surface area contributed by atoms with E-state index in [1.807, 2.05) is 55.5 Å². The molecule has 2 unspecified atom stereocenters. The minimum atomic E-state index is -3.64. The van der Waals surface area contributed by atoms with Gasteiger partial charge in [-0.3, -0.25) is 0 Å². The molecule has 0 N–H and O–H groups in total. The van der Waals surface area contributed by atoms with Crippen molar-refractivity contribution in [1.82, 2.24) is 4.31 Å². The van der Waals surface area contributed by atoms with E-state index in [4.69, 9.17) is 14.2 Å². The van der Waals surface area contributed by atoms with E-state index in [1.165, 1.54) is 0 Å². The zero-order valence-electron chi connectivity index (χ0n) is 19.5. The average molecular weight is 462 g/mol. The third-order valence-corrected chi connectivity index (χ3v) is 8.00. The Balaban J connectivity index is 2.40. The van der Waals surface area contributed by atoms with Crippen LogP contribution in [0.25, 0.3) is 0 Å². The standard InChI is InChI=1S/C25H35NO5S/c1-6-7-20(2)25(16-17-29-3)32(27,28)26(18-21-8-12-23(30-4)13-9-21)19-22-10-14-24(31-5)15-11-22/h6,8-15,20,25H,1,7,16-19H2,2-5H3. The van der Waals surface area contributed by atoms with E-state index >= 15 is 0 Å². The van der Waals surface area contributed by atoms with Gasteiger partial charge < -0.3 is 14.2 Å². The molecule has 0 bridgehead atoms. The Morgan fingerprint density at radius 3 is 1.75 bits per heavy atom. The fraction of sp³-hybridized carbons (Fsp3) is 0.440. The molecule has 0 amide bonds. The molecule has 6 nitrogen and oxygen atoms in total. The fourth-order valence-corrected chi connectivity index (χ4v) is 5.81. The maximum atomic E-state index is 13.9. The van der Waals surface area contributed by atoms with Crippen LogP contribution in [0.2, 0.25) is 0 Å². The minimum absolute atomic E-state index is 0.0816. The predicted molar refractivity (Wildman–Crippen MR) is 128 cm³/mol. The highest BCUT2D eigenvalue weighted by molar-refractivity contribution is 7.89. The predicted octanol–water partition coefficient (Wildman–Crippen LogP) is 4.65. The summed E-state index contributed by atoms with van der Waals surface area (Å²) in [7, 11) is 1.17. The van der Waals surface area contributed by atoms with Gasteiger partial charge in [0, 0.05) is 26.8 Å². The summed E-state index contributed by atoms with van der Waals surface area (Å²) in [6.07, 6.45) is 2.82. The quantitative estimate of drug-likeness (QED) is 0.383. The van der Waals surface area contributed by atoms with Gasteiger partial charge in [-0.25, -0.2) is 8.42 Å². The Morgan fingerprint density at radius 2 is 1.38 bits per heavy atom. The largest absolute Gasteiger partial charge is 0.497 e. The van der Waals surface area contributed by atoms with E-state index in [9.17, 15) is 8.42 Å². The maximum absolute atomic E-state index is 13.9. The molecule has 2 atom stereocenters. The first-order chi connectivity index (χ1) is 15.3. The lowest BCUT2D eigenvalue weighted by Gasteiger charge is -2.31. The second-order valence-electron chi connectivity index (χ2n) is 7.83. The van der Waals surface area contributed by atoms with Crippen LogP contribution in [-0.4, -0.2) is 45.9 Å².